The zero-order valence-corrected chi connectivity index (χ0v) is 40.7. The Hall–Kier alpha value is 0.822. The van der Waals surface area contributed by atoms with Crippen molar-refractivity contribution < 1.29 is 9.53 Å². The third kappa shape index (κ3) is 13.9. The fourth-order valence-electron chi connectivity index (χ4n) is 14.1. The van der Waals surface area contributed by atoms with Gasteiger partial charge in [0.05, 0.1) is 160 Å². The van der Waals surface area contributed by atoms with Gasteiger partial charge in [-0.2, -0.15) is 0 Å². The van der Waals surface area contributed by atoms with Crippen molar-refractivity contribution in [3.8, 4) is 0 Å². The van der Waals surface area contributed by atoms with Crippen LogP contribution in [0.1, 0.15) is 36.0 Å². The summed E-state index contributed by atoms with van der Waals surface area (Å²) in [6.07, 6.45) is 14.9. The summed E-state index contributed by atoms with van der Waals surface area (Å²) in [5, 5.41) is 0. The molecule has 1 saturated carbocycles. The van der Waals surface area contributed by atoms with Gasteiger partial charge in [-0.25, -0.2) is 4.79 Å². The van der Waals surface area contributed by atoms with Gasteiger partial charge in [0, 0.05) is 133 Å². The quantitative estimate of drug-likeness (QED) is 0.0762. The largest absolute Gasteiger partial charge is 0.459 e. The summed E-state index contributed by atoms with van der Waals surface area (Å²) in [4.78, 5) is 13.5. The van der Waals surface area contributed by atoms with E-state index >= 15 is 0 Å². The van der Waals surface area contributed by atoms with E-state index in [9.17, 15) is 4.79 Å². The first kappa shape index (κ1) is 53.0. The summed E-state index contributed by atoms with van der Waals surface area (Å²) >= 11 is 0. The number of hydrogen-bond acceptors (Lipinski definition) is 4. The van der Waals surface area contributed by atoms with E-state index in [1.165, 1.54) is 0 Å². The van der Waals surface area contributed by atoms with Crippen molar-refractivity contribution in [1.82, 2.24) is 0 Å². The maximum Gasteiger partial charge on any atom is 0.338 e. The van der Waals surface area contributed by atoms with Gasteiger partial charge in [-0.1, -0.05) is 18.7 Å². The van der Waals surface area contributed by atoms with Crippen LogP contribution in [0.15, 0.2) is 18.2 Å². The molecule has 0 atom stereocenters. The van der Waals surface area contributed by atoms with E-state index in [1.807, 2.05) is 0 Å². The van der Waals surface area contributed by atoms with Crippen LogP contribution in [0.25, 0.3) is 0 Å². The highest BCUT2D eigenvalue weighted by molar-refractivity contribution is 8.28. The molecule has 1 aromatic carbocycles. The molecule has 2 rings (SSSR count). The lowest BCUT2D eigenvalue weighted by Crippen LogP contribution is -2.90. The van der Waals surface area contributed by atoms with E-state index < -0.39 is 0 Å². The van der Waals surface area contributed by atoms with Gasteiger partial charge in [-0.3, -0.25) is 0 Å². The molecule has 4 nitrogen and oxygen atoms in total. The molecule has 1 aromatic rings. The molecule has 0 unspecified atom stereocenters. The number of nitrogens with two attached hydrogens (primary N) is 2. The van der Waals surface area contributed by atoms with Crippen molar-refractivity contribution in [3.63, 3.8) is 0 Å². The molecule has 4 N–H and O–H groups in total. The van der Waals surface area contributed by atoms with E-state index in [1.54, 1.807) is 18.2 Å². The fraction of sp³-hybridized carbons (Fsp3) is 0.462. The number of nitrogen functional groups attached to an aromatic ring is 2. The molecule has 1 aliphatic rings. The van der Waals surface area contributed by atoms with Crippen LogP contribution in [0.3, 0.4) is 0 Å². The first-order chi connectivity index (χ1) is 25.8. The molecular weight excluding hydrogens is 638 g/mol. The highest BCUT2D eigenvalue weighted by Crippen LogP contribution is 2.37. The smallest absolute Gasteiger partial charge is 0.338 e. The molecule has 0 spiro atoms. The Balaban J connectivity index is 3.08. The van der Waals surface area contributed by atoms with Gasteiger partial charge in [-0.05, 0) is 31.0 Å². The number of ether oxygens (including phenoxy) is 1. The summed E-state index contributed by atoms with van der Waals surface area (Å²) < 4.78 is 6.31. The minimum absolute atomic E-state index is 0.0871. The average molecular weight is 695 g/mol. The second kappa shape index (κ2) is 23.9. The molecule has 0 aromatic heterocycles. The van der Waals surface area contributed by atoms with Crippen LogP contribution < -0.4 is 11.5 Å². The van der Waals surface area contributed by atoms with Crippen LogP contribution >= 0.6 is 0 Å². The first-order valence-corrected chi connectivity index (χ1v) is 23.7. The molecule has 1 fully saturated rings. The number of hydrogen-bond donors (Lipinski definition) is 2. The Kier molecular flexibility index (Phi) is 22.6. The minimum atomic E-state index is -0.299. The summed E-state index contributed by atoms with van der Waals surface area (Å²) in [6.45, 7) is 0.574. The van der Waals surface area contributed by atoms with Crippen molar-refractivity contribution in [2.75, 3.05) is 11.5 Å². The van der Waals surface area contributed by atoms with Crippen molar-refractivity contribution in [3.05, 3.63) is 23.8 Å². The lowest BCUT2D eigenvalue weighted by atomic mass is 8.30. The average Bonchev–Trinajstić information content (AvgIpc) is 3.02. The van der Waals surface area contributed by atoms with Crippen LogP contribution in [0.2, 0.25) is 5.82 Å². The maximum atomic E-state index is 13.5. The highest BCUT2D eigenvalue weighted by Gasteiger charge is 2.59. The van der Waals surface area contributed by atoms with Crippen LogP contribution in [0.4, 0.5) is 11.4 Å². The predicted octanol–water partition coefficient (Wildman–Crippen LogP) is -23.3. The van der Waals surface area contributed by atoms with Gasteiger partial charge < -0.3 is 16.2 Å². The molecule has 0 saturated heterocycles. The molecular formula is C13H57B39N2O2. The summed E-state index contributed by atoms with van der Waals surface area (Å²) in [5.74, 6) is 0.276. The number of carbonyl (C=O) groups is 1. The van der Waals surface area contributed by atoms with Gasteiger partial charge in [0.25, 0.3) is 0 Å². The normalized spacial score (nSPS) is 14.4. The lowest BCUT2D eigenvalue weighted by molar-refractivity contribution is 0.0211. The molecule has 0 amide bonds. The standard InChI is InChI=1S/C13H57B39N2O2/c14-35(15)47(36(16)17)45(48(37(18)19)38(20)21)34(9-1-3-12(4-2-9)56-13(55)8-5-10(53)7-11(54)6-8)46(49(39(22)23)40(24)25)52(50(41(26)27)42(28)29)51(43(30)31)44(32)33/h5-7,9,12H,1-4,14-33,53-54H2. The number of carbonyl (C=O) groups excluding carboxylic acids is 1. The van der Waals surface area contributed by atoms with Gasteiger partial charge >= 0.3 is 5.97 Å². The molecule has 43 heteroatoms. The monoisotopic (exact) mass is 703 g/mol. The highest BCUT2D eigenvalue weighted by atomic mass is 16.5. The summed E-state index contributed by atoms with van der Waals surface area (Å²) in [5.41, 5.74) is 13.6. The van der Waals surface area contributed by atoms with E-state index in [0.717, 1.165) is 25.7 Å². The van der Waals surface area contributed by atoms with Crippen molar-refractivity contribution >= 4 is 294 Å². The molecule has 0 heterocycles. The molecule has 1 aliphatic carbocycles. The van der Waals surface area contributed by atoms with E-state index in [0.29, 0.717) is 144 Å². The lowest BCUT2D eigenvalue weighted by Gasteiger charge is -2.54. The number of benzene rings is 1. The second-order valence-corrected chi connectivity index (χ2v) is 22.5. The molecule has 0 radical (unpaired) electrons. The zero-order valence-electron chi connectivity index (χ0n) is 40.7. The van der Waals surface area contributed by atoms with Crippen LogP contribution in [0, 0.1) is 0 Å². The third-order valence-electron chi connectivity index (χ3n) is 15.0. The molecule has 248 valence electrons. The Labute approximate surface area is 373 Å². The first-order valence-electron chi connectivity index (χ1n) is 23.7. The predicted molar refractivity (Wildman–Crippen MR) is 347 cm³/mol. The van der Waals surface area contributed by atoms with Gasteiger partial charge in [-0.15, -0.1) is 0 Å². The fourth-order valence-corrected chi connectivity index (χ4v) is 14.1. The Morgan fingerprint density at radius 3 is 0.982 bits per heavy atom. The van der Waals surface area contributed by atoms with Gasteiger partial charge in [0.1, 0.15) is 6.10 Å². The Morgan fingerprint density at radius 1 is 0.429 bits per heavy atom. The SMILES string of the molecule is BB(B)B(B(B)B)B(B(B(B)B)B(B)B)B(B(B(B)B)B(B)B)B(B(B(B(B)B)B(B)B)B(B(B)B)B(B)B)C1CCC(OC(=O)c2cc(N)cc(N)c2)CC1. The van der Waals surface area contributed by atoms with Crippen molar-refractivity contribution in [1.29, 1.82) is 0 Å². The maximum absolute atomic E-state index is 13.5. The number of esters is 1. The Bertz CT molecular complexity index is 1230. The topological polar surface area (TPSA) is 78.3 Å². The van der Waals surface area contributed by atoms with Gasteiger partial charge in [0.2, 0.25) is 0 Å². The summed E-state index contributed by atoms with van der Waals surface area (Å²) in [6, 6.07) is 5.09. The van der Waals surface area contributed by atoms with Crippen molar-refractivity contribution in [2.45, 2.75) is 37.6 Å². The van der Waals surface area contributed by atoms with Crippen molar-refractivity contribution in [2.24, 2.45) is 0 Å². The van der Waals surface area contributed by atoms with Crippen LogP contribution in [-0.2, 0) is 4.74 Å². The van der Waals surface area contributed by atoms with E-state index in [2.05, 4.69) is 155 Å². The van der Waals surface area contributed by atoms with Crippen LogP contribution in [-0.4, -0.2) is 288 Å². The zero-order chi connectivity index (χ0) is 43.1. The number of anilines is 2. The Morgan fingerprint density at radius 2 is 0.696 bits per heavy atom. The minimum Gasteiger partial charge on any atom is -0.459 e. The summed E-state index contributed by atoms with van der Waals surface area (Å²) in [7, 11) is 50.9. The van der Waals surface area contributed by atoms with E-state index in [4.69, 9.17) is 16.2 Å². The van der Waals surface area contributed by atoms with Gasteiger partial charge in [0.15, 0.2) is 0 Å². The molecule has 56 heavy (non-hydrogen) atoms. The third-order valence-corrected chi connectivity index (χ3v) is 15.0. The molecule has 0 bridgehead atoms. The van der Waals surface area contributed by atoms with E-state index in [-0.39, 0.29) is 12.1 Å². The number of rotatable bonds is 21. The second-order valence-electron chi connectivity index (χ2n) is 22.5. The molecule has 0 aliphatic heterocycles. The van der Waals surface area contributed by atoms with Crippen LogP contribution in [0.5, 0.6) is 0 Å².